The summed E-state index contributed by atoms with van der Waals surface area (Å²) in [5.74, 6) is 0. The first kappa shape index (κ1) is 13.4. The minimum atomic E-state index is 0.630. The molecule has 0 bridgehead atoms. The molecule has 2 fully saturated rings. The highest BCUT2D eigenvalue weighted by Gasteiger charge is 2.43. The zero-order valence-electron chi connectivity index (χ0n) is 12.0. The van der Waals surface area contributed by atoms with Gasteiger partial charge in [-0.2, -0.15) is 0 Å². The minimum Gasteiger partial charge on any atom is -0.311 e. The molecule has 1 N–H and O–H groups in total. The molecule has 1 aliphatic heterocycles. The summed E-state index contributed by atoms with van der Waals surface area (Å²) in [5.41, 5.74) is 0.731. The van der Waals surface area contributed by atoms with E-state index in [1.165, 1.54) is 58.2 Å². The summed E-state index contributed by atoms with van der Waals surface area (Å²) < 4.78 is 0. The number of piperidine rings is 1. The third kappa shape index (κ3) is 3.96. The van der Waals surface area contributed by atoms with Gasteiger partial charge in [-0.05, 0) is 44.1 Å². The maximum absolute atomic E-state index is 3.71. The van der Waals surface area contributed by atoms with Crippen LogP contribution in [-0.4, -0.2) is 36.6 Å². The second-order valence-corrected chi connectivity index (χ2v) is 6.65. The van der Waals surface area contributed by atoms with Crippen molar-refractivity contribution in [3.8, 4) is 0 Å². The standard InChI is InChI=1S/C15H30N2/c1-4-7-15(8-9-15)12-17-10-5-6-14(11-17)16-13(2)3/h13-14,16H,4-12H2,1-3H3. The van der Waals surface area contributed by atoms with E-state index in [1.807, 2.05) is 0 Å². The van der Waals surface area contributed by atoms with E-state index in [9.17, 15) is 0 Å². The molecule has 1 saturated heterocycles. The molecule has 2 rings (SSSR count). The highest BCUT2D eigenvalue weighted by Crippen LogP contribution is 2.50. The summed E-state index contributed by atoms with van der Waals surface area (Å²) in [5, 5.41) is 3.71. The molecule has 0 aromatic rings. The van der Waals surface area contributed by atoms with E-state index < -0.39 is 0 Å². The zero-order valence-corrected chi connectivity index (χ0v) is 12.0. The van der Waals surface area contributed by atoms with Gasteiger partial charge in [-0.25, -0.2) is 0 Å². The molecule has 2 nitrogen and oxygen atoms in total. The molecule has 1 saturated carbocycles. The van der Waals surface area contributed by atoms with E-state index in [2.05, 4.69) is 31.0 Å². The molecule has 1 heterocycles. The van der Waals surface area contributed by atoms with E-state index in [-0.39, 0.29) is 0 Å². The molecule has 0 aromatic heterocycles. The fourth-order valence-electron chi connectivity index (χ4n) is 3.48. The largest absolute Gasteiger partial charge is 0.311 e. The van der Waals surface area contributed by atoms with E-state index >= 15 is 0 Å². The first-order chi connectivity index (χ1) is 8.13. The fraction of sp³-hybridized carbons (Fsp3) is 1.00. The summed E-state index contributed by atoms with van der Waals surface area (Å²) in [6.45, 7) is 10.8. The Kier molecular flexibility index (Phi) is 4.48. The molecule has 0 radical (unpaired) electrons. The zero-order chi connectivity index (χ0) is 12.3. The minimum absolute atomic E-state index is 0.630. The van der Waals surface area contributed by atoms with Gasteiger partial charge >= 0.3 is 0 Å². The lowest BCUT2D eigenvalue weighted by atomic mass is 9.97. The van der Waals surface area contributed by atoms with Crippen LogP contribution in [0.3, 0.4) is 0 Å². The summed E-state index contributed by atoms with van der Waals surface area (Å²) >= 11 is 0. The molecule has 100 valence electrons. The fourth-order valence-corrected chi connectivity index (χ4v) is 3.48. The van der Waals surface area contributed by atoms with E-state index in [0.29, 0.717) is 6.04 Å². The van der Waals surface area contributed by atoms with Crippen molar-refractivity contribution in [1.82, 2.24) is 10.2 Å². The van der Waals surface area contributed by atoms with Crippen molar-refractivity contribution in [2.75, 3.05) is 19.6 Å². The van der Waals surface area contributed by atoms with Crippen LogP contribution in [0.4, 0.5) is 0 Å². The van der Waals surface area contributed by atoms with Crippen molar-refractivity contribution in [2.24, 2.45) is 5.41 Å². The quantitative estimate of drug-likeness (QED) is 0.765. The average Bonchev–Trinajstić information content (AvgIpc) is 2.97. The summed E-state index contributed by atoms with van der Waals surface area (Å²) in [7, 11) is 0. The Morgan fingerprint density at radius 3 is 2.71 bits per heavy atom. The maximum atomic E-state index is 3.71. The van der Waals surface area contributed by atoms with E-state index in [0.717, 1.165) is 11.5 Å². The molecular weight excluding hydrogens is 208 g/mol. The number of nitrogens with zero attached hydrogens (tertiary/aromatic N) is 1. The van der Waals surface area contributed by atoms with Crippen LogP contribution in [0, 0.1) is 5.41 Å². The van der Waals surface area contributed by atoms with Crippen molar-refractivity contribution >= 4 is 0 Å². The molecule has 17 heavy (non-hydrogen) atoms. The van der Waals surface area contributed by atoms with Gasteiger partial charge in [0.05, 0.1) is 0 Å². The molecule has 0 aromatic carbocycles. The Bertz CT molecular complexity index is 233. The lowest BCUT2D eigenvalue weighted by Crippen LogP contribution is -2.49. The Hall–Kier alpha value is -0.0800. The van der Waals surface area contributed by atoms with Crippen LogP contribution in [0.2, 0.25) is 0 Å². The lowest BCUT2D eigenvalue weighted by Gasteiger charge is -2.36. The third-order valence-electron chi connectivity index (χ3n) is 4.37. The van der Waals surface area contributed by atoms with Gasteiger partial charge in [0.15, 0.2) is 0 Å². The van der Waals surface area contributed by atoms with Gasteiger partial charge in [-0.3, -0.25) is 0 Å². The third-order valence-corrected chi connectivity index (χ3v) is 4.37. The van der Waals surface area contributed by atoms with Crippen LogP contribution in [-0.2, 0) is 0 Å². The van der Waals surface area contributed by atoms with E-state index in [4.69, 9.17) is 0 Å². The SMILES string of the molecule is CCCC1(CN2CCCC(NC(C)C)C2)CC1. The van der Waals surface area contributed by atoms with Gasteiger partial charge in [0, 0.05) is 25.2 Å². The lowest BCUT2D eigenvalue weighted by molar-refractivity contribution is 0.150. The maximum Gasteiger partial charge on any atom is 0.0197 e. The van der Waals surface area contributed by atoms with Crippen molar-refractivity contribution in [3.63, 3.8) is 0 Å². The number of nitrogens with one attached hydrogen (secondary N) is 1. The Balaban J connectivity index is 1.77. The number of rotatable bonds is 6. The second kappa shape index (κ2) is 5.71. The predicted molar refractivity (Wildman–Crippen MR) is 74.3 cm³/mol. The Labute approximate surface area is 107 Å². The molecule has 1 aliphatic carbocycles. The summed E-state index contributed by atoms with van der Waals surface area (Å²) in [6, 6.07) is 1.37. The van der Waals surface area contributed by atoms with Crippen LogP contribution in [0.1, 0.15) is 59.3 Å². The number of hydrogen-bond acceptors (Lipinski definition) is 2. The van der Waals surface area contributed by atoms with Crippen molar-refractivity contribution in [3.05, 3.63) is 0 Å². The van der Waals surface area contributed by atoms with Crippen LogP contribution >= 0.6 is 0 Å². The van der Waals surface area contributed by atoms with Gasteiger partial charge in [0.1, 0.15) is 0 Å². The summed E-state index contributed by atoms with van der Waals surface area (Å²) in [4.78, 5) is 2.73. The molecule has 0 spiro atoms. The van der Waals surface area contributed by atoms with Crippen LogP contribution in [0.25, 0.3) is 0 Å². The van der Waals surface area contributed by atoms with Gasteiger partial charge in [-0.1, -0.05) is 27.2 Å². The van der Waals surface area contributed by atoms with Crippen LogP contribution in [0.15, 0.2) is 0 Å². The number of hydrogen-bond donors (Lipinski definition) is 1. The molecule has 1 unspecified atom stereocenters. The smallest absolute Gasteiger partial charge is 0.0197 e. The molecule has 2 aliphatic rings. The van der Waals surface area contributed by atoms with Gasteiger partial charge in [-0.15, -0.1) is 0 Å². The molecule has 2 heteroatoms. The Morgan fingerprint density at radius 2 is 2.12 bits per heavy atom. The van der Waals surface area contributed by atoms with Crippen molar-refractivity contribution in [1.29, 1.82) is 0 Å². The monoisotopic (exact) mass is 238 g/mol. The van der Waals surface area contributed by atoms with E-state index in [1.54, 1.807) is 0 Å². The highest BCUT2D eigenvalue weighted by molar-refractivity contribution is 4.96. The number of likely N-dealkylation sites (tertiary alicyclic amines) is 1. The van der Waals surface area contributed by atoms with Crippen LogP contribution in [0.5, 0.6) is 0 Å². The van der Waals surface area contributed by atoms with Gasteiger partial charge < -0.3 is 10.2 Å². The second-order valence-electron chi connectivity index (χ2n) is 6.65. The first-order valence-corrected chi connectivity index (χ1v) is 7.62. The summed E-state index contributed by atoms with van der Waals surface area (Å²) in [6.07, 6.45) is 8.54. The Morgan fingerprint density at radius 1 is 1.35 bits per heavy atom. The average molecular weight is 238 g/mol. The van der Waals surface area contributed by atoms with Crippen molar-refractivity contribution in [2.45, 2.75) is 71.4 Å². The first-order valence-electron chi connectivity index (χ1n) is 7.62. The topological polar surface area (TPSA) is 15.3 Å². The van der Waals surface area contributed by atoms with Gasteiger partial charge in [0.2, 0.25) is 0 Å². The van der Waals surface area contributed by atoms with Gasteiger partial charge in [0.25, 0.3) is 0 Å². The van der Waals surface area contributed by atoms with Crippen molar-refractivity contribution < 1.29 is 0 Å². The highest BCUT2D eigenvalue weighted by atomic mass is 15.2. The van der Waals surface area contributed by atoms with Crippen LogP contribution < -0.4 is 5.32 Å². The normalized spacial score (nSPS) is 28.6. The molecule has 1 atom stereocenters. The molecule has 0 amide bonds. The molecular formula is C15H30N2. The predicted octanol–water partition coefficient (Wildman–Crippen LogP) is 3.03.